The van der Waals surface area contributed by atoms with Crippen LogP contribution in [0.3, 0.4) is 0 Å². The molecule has 0 amide bonds. The first kappa shape index (κ1) is 17.3. The van der Waals surface area contributed by atoms with E-state index in [1.54, 1.807) is 0 Å². The number of esters is 1. The molecule has 1 atom stereocenters. The van der Waals surface area contributed by atoms with Crippen LogP contribution in [-0.4, -0.2) is 46.4 Å². The van der Waals surface area contributed by atoms with Gasteiger partial charge in [-0.1, -0.05) is 6.58 Å². The van der Waals surface area contributed by atoms with Crippen LogP contribution in [0.2, 0.25) is 0 Å². The Hall–Kier alpha value is -0.720. The van der Waals surface area contributed by atoms with Gasteiger partial charge in [-0.05, 0) is 6.92 Å². The van der Waals surface area contributed by atoms with Crippen molar-refractivity contribution >= 4 is 13.8 Å². The number of quaternary nitrogens is 1. The summed E-state index contributed by atoms with van der Waals surface area (Å²) >= 11 is 0. The highest BCUT2D eigenvalue weighted by Gasteiger charge is 2.11. The van der Waals surface area contributed by atoms with Crippen LogP contribution in [0, 0.1) is 0 Å². The Bertz CT molecular complexity index is 330. The third-order valence-electron chi connectivity index (χ3n) is 1.77. The number of hydrogen-bond donors (Lipinski definition) is 1. The lowest BCUT2D eigenvalue weighted by Gasteiger charge is -2.22. The molecule has 0 aliphatic carbocycles. The molecule has 0 aromatic carbocycles. The molecular weight excluding hydrogens is 261 g/mol. The Morgan fingerprint density at radius 2 is 1.83 bits per heavy atom. The van der Waals surface area contributed by atoms with E-state index in [9.17, 15) is 14.3 Å². The molecule has 106 valence electrons. The molecule has 0 aliphatic rings. The van der Waals surface area contributed by atoms with Crippen molar-refractivity contribution in [2.24, 2.45) is 0 Å². The Balaban J connectivity index is 3.73. The summed E-state index contributed by atoms with van der Waals surface area (Å²) in [6.07, 6.45) is 0. The van der Waals surface area contributed by atoms with Crippen molar-refractivity contribution in [2.75, 3.05) is 40.5 Å². The van der Waals surface area contributed by atoms with Crippen molar-refractivity contribution in [3.8, 4) is 0 Å². The van der Waals surface area contributed by atoms with Crippen LogP contribution < -0.4 is 9.79 Å². The van der Waals surface area contributed by atoms with Gasteiger partial charge in [0.05, 0.1) is 20.7 Å². The van der Waals surface area contributed by atoms with Crippen molar-refractivity contribution in [1.29, 1.82) is 0 Å². The molecule has 0 bridgehead atoms. The lowest BCUT2D eigenvalue weighted by molar-refractivity contribution is -0.858. The van der Waals surface area contributed by atoms with Gasteiger partial charge in [-0.3, -0.25) is 4.57 Å². The minimum absolute atomic E-state index is 0.0503. The van der Waals surface area contributed by atoms with Crippen LogP contribution in [0.1, 0.15) is 6.92 Å². The van der Waals surface area contributed by atoms with Gasteiger partial charge < -0.3 is 23.6 Å². The standard InChI is InChI=1S/C10H20NO6P/c1-9(2)10(12)15-7-8-17-18(13,14)16-6-5-11(3)4/h1,5-8H2,2-4H3,(H,13,14). The van der Waals surface area contributed by atoms with E-state index in [0.717, 1.165) is 4.90 Å². The number of rotatable bonds is 9. The van der Waals surface area contributed by atoms with Gasteiger partial charge in [-0.15, -0.1) is 0 Å². The van der Waals surface area contributed by atoms with Crippen molar-refractivity contribution in [3.05, 3.63) is 12.2 Å². The normalized spacial score (nSPS) is 14.3. The number of carbonyl (C=O) groups excluding carboxylic acids is 1. The highest BCUT2D eigenvalue weighted by Crippen LogP contribution is 2.37. The average molecular weight is 281 g/mol. The second-order valence-corrected chi connectivity index (χ2v) is 5.40. The van der Waals surface area contributed by atoms with Gasteiger partial charge in [-0.25, -0.2) is 4.79 Å². The summed E-state index contributed by atoms with van der Waals surface area (Å²) in [4.78, 5) is 23.2. The van der Waals surface area contributed by atoms with E-state index in [0.29, 0.717) is 6.54 Å². The minimum Gasteiger partial charge on any atom is -0.756 e. The molecular formula is C10H20NO6P. The van der Waals surface area contributed by atoms with Gasteiger partial charge in [0.2, 0.25) is 0 Å². The van der Waals surface area contributed by atoms with Crippen LogP contribution in [0.5, 0.6) is 0 Å². The maximum Gasteiger partial charge on any atom is 0.333 e. The van der Waals surface area contributed by atoms with Crippen LogP contribution >= 0.6 is 7.82 Å². The number of likely N-dealkylation sites (N-methyl/N-ethyl adjacent to an activating group) is 1. The fourth-order valence-corrected chi connectivity index (χ4v) is 1.49. The van der Waals surface area contributed by atoms with Gasteiger partial charge in [-0.2, -0.15) is 0 Å². The van der Waals surface area contributed by atoms with Crippen LogP contribution in [-0.2, 0) is 23.1 Å². The third-order valence-corrected chi connectivity index (χ3v) is 2.76. The molecule has 0 aliphatic heterocycles. The average Bonchev–Trinajstić information content (AvgIpc) is 2.23. The molecule has 1 unspecified atom stereocenters. The first-order valence-corrected chi connectivity index (χ1v) is 6.92. The van der Waals surface area contributed by atoms with E-state index in [1.807, 2.05) is 14.1 Å². The van der Waals surface area contributed by atoms with E-state index in [1.165, 1.54) is 6.92 Å². The molecule has 0 saturated carbocycles. The first-order chi connectivity index (χ1) is 8.24. The molecule has 18 heavy (non-hydrogen) atoms. The second kappa shape index (κ2) is 8.39. The molecule has 8 heteroatoms. The van der Waals surface area contributed by atoms with Gasteiger partial charge >= 0.3 is 5.97 Å². The van der Waals surface area contributed by atoms with E-state index < -0.39 is 13.8 Å². The molecule has 0 fully saturated rings. The van der Waals surface area contributed by atoms with Crippen LogP contribution in [0.25, 0.3) is 0 Å². The summed E-state index contributed by atoms with van der Waals surface area (Å²) in [6, 6.07) is 0. The van der Waals surface area contributed by atoms with Crippen LogP contribution in [0.4, 0.5) is 0 Å². The third kappa shape index (κ3) is 9.32. The van der Waals surface area contributed by atoms with Gasteiger partial charge in [0.15, 0.2) is 0 Å². The van der Waals surface area contributed by atoms with Crippen molar-refractivity contribution in [1.82, 2.24) is 0 Å². The summed E-state index contributed by atoms with van der Waals surface area (Å²) < 4.78 is 25.0. The minimum atomic E-state index is -4.31. The largest absolute Gasteiger partial charge is 0.756 e. The molecule has 7 nitrogen and oxygen atoms in total. The Morgan fingerprint density at radius 1 is 1.28 bits per heavy atom. The van der Waals surface area contributed by atoms with Crippen molar-refractivity contribution in [2.45, 2.75) is 6.92 Å². The highest BCUT2D eigenvalue weighted by atomic mass is 31.2. The molecule has 0 aromatic heterocycles. The molecule has 0 heterocycles. The highest BCUT2D eigenvalue weighted by molar-refractivity contribution is 7.45. The zero-order valence-electron chi connectivity index (χ0n) is 10.9. The zero-order valence-corrected chi connectivity index (χ0v) is 11.8. The van der Waals surface area contributed by atoms with Gasteiger partial charge in [0.25, 0.3) is 7.82 Å². The van der Waals surface area contributed by atoms with Gasteiger partial charge in [0.1, 0.15) is 19.8 Å². The number of ether oxygens (including phenoxy) is 1. The predicted molar refractivity (Wildman–Crippen MR) is 63.0 cm³/mol. The SMILES string of the molecule is C=C(C)C(=O)OCCOP(=O)([O-])OCC[NH+](C)C. The lowest BCUT2D eigenvalue weighted by Crippen LogP contribution is -3.06. The van der Waals surface area contributed by atoms with Gasteiger partial charge in [0, 0.05) is 5.57 Å². The van der Waals surface area contributed by atoms with E-state index in [4.69, 9.17) is 0 Å². The Labute approximate surface area is 107 Å². The molecule has 0 spiro atoms. The van der Waals surface area contributed by atoms with Crippen molar-refractivity contribution < 1.29 is 32.9 Å². The van der Waals surface area contributed by atoms with E-state index >= 15 is 0 Å². The fourth-order valence-electron chi connectivity index (χ4n) is 0.805. The predicted octanol–water partition coefficient (Wildman–Crippen LogP) is -1.25. The molecule has 0 saturated heterocycles. The lowest BCUT2D eigenvalue weighted by atomic mass is 10.4. The summed E-state index contributed by atoms with van der Waals surface area (Å²) in [5.41, 5.74) is 0.241. The number of hydrogen-bond acceptors (Lipinski definition) is 6. The molecule has 0 aromatic rings. The van der Waals surface area contributed by atoms with E-state index in [2.05, 4.69) is 20.4 Å². The maximum atomic E-state index is 11.2. The smallest absolute Gasteiger partial charge is 0.333 e. The second-order valence-electron chi connectivity index (χ2n) is 3.99. The maximum absolute atomic E-state index is 11.2. The zero-order chi connectivity index (χ0) is 14.2. The summed E-state index contributed by atoms with van der Waals surface area (Å²) in [6.45, 7) is 5.03. The molecule has 1 N–H and O–H groups in total. The Kier molecular flexibility index (Phi) is 8.06. The summed E-state index contributed by atoms with van der Waals surface area (Å²) in [5.74, 6) is -0.587. The number of phosphoric ester groups is 1. The first-order valence-electron chi connectivity index (χ1n) is 5.46. The molecule has 0 radical (unpaired) electrons. The monoisotopic (exact) mass is 281 g/mol. The van der Waals surface area contributed by atoms with Crippen LogP contribution in [0.15, 0.2) is 12.2 Å². The summed E-state index contributed by atoms with van der Waals surface area (Å²) in [5, 5.41) is 0. The fraction of sp³-hybridized carbons (Fsp3) is 0.700. The number of phosphoric acid groups is 1. The van der Waals surface area contributed by atoms with Crippen molar-refractivity contribution in [3.63, 3.8) is 0 Å². The number of carbonyl (C=O) groups is 1. The Morgan fingerprint density at radius 3 is 2.33 bits per heavy atom. The quantitative estimate of drug-likeness (QED) is 0.246. The summed E-state index contributed by atoms with van der Waals surface area (Å²) in [7, 11) is -0.565. The van der Waals surface area contributed by atoms with E-state index in [-0.39, 0.29) is 25.4 Å². The topological polar surface area (TPSA) is 89.3 Å². The molecule has 0 rings (SSSR count). The number of nitrogens with one attached hydrogen (secondary N) is 1.